The third kappa shape index (κ3) is 4.09. The number of hydrogen-bond donors (Lipinski definition) is 2. The van der Waals surface area contributed by atoms with Crippen LogP contribution >= 0.6 is 0 Å². The molecule has 0 saturated heterocycles. The Labute approximate surface area is 119 Å². The van der Waals surface area contributed by atoms with Crippen LogP contribution in [0.15, 0.2) is 42.7 Å². The Bertz CT molecular complexity index is 617. The van der Waals surface area contributed by atoms with Gasteiger partial charge in [-0.1, -0.05) is 18.2 Å². The van der Waals surface area contributed by atoms with E-state index in [4.69, 9.17) is 5.73 Å². The molecule has 2 rings (SSSR count). The molecule has 3 N–H and O–H groups in total. The summed E-state index contributed by atoms with van der Waals surface area (Å²) >= 11 is 0. The number of benzene rings is 1. The number of pyridine rings is 1. The van der Waals surface area contributed by atoms with E-state index in [2.05, 4.69) is 9.72 Å². The van der Waals surface area contributed by atoms with Crippen LogP contribution in [0, 0.1) is 0 Å². The molecule has 2 aromatic rings. The molecule has 1 aromatic heterocycles. The molecular weight excluding hydrogens is 285 g/mol. The van der Waals surface area contributed by atoms with Crippen molar-refractivity contribution in [3.8, 4) is 5.75 Å². The topological polar surface area (TPSA) is 68.4 Å². The van der Waals surface area contributed by atoms with Gasteiger partial charge in [0.1, 0.15) is 5.75 Å². The van der Waals surface area contributed by atoms with Crippen molar-refractivity contribution in [2.24, 2.45) is 0 Å². The number of ether oxygens (including phenoxy) is 1. The number of aliphatic hydroxyl groups is 1. The van der Waals surface area contributed by atoms with Crippen LogP contribution in [-0.2, 0) is 6.42 Å². The highest BCUT2D eigenvalue weighted by Crippen LogP contribution is 2.32. The zero-order valence-corrected chi connectivity index (χ0v) is 10.8. The van der Waals surface area contributed by atoms with Gasteiger partial charge in [0.05, 0.1) is 6.10 Å². The fraction of sp³-hybridized carbons (Fsp3) is 0.214. The third-order valence-corrected chi connectivity index (χ3v) is 2.86. The SMILES string of the molecule is Nc1ccncc1CC(O)c1ccccc1OC(F)(F)F. The summed E-state index contributed by atoms with van der Waals surface area (Å²) in [7, 11) is 0. The van der Waals surface area contributed by atoms with Crippen LogP contribution < -0.4 is 10.5 Å². The number of rotatable bonds is 4. The Hall–Kier alpha value is -2.28. The highest BCUT2D eigenvalue weighted by Gasteiger charge is 2.32. The molecule has 0 amide bonds. The van der Waals surface area contributed by atoms with Crippen molar-refractivity contribution in [1.29, 1.82) is 0 Å². The van der Waals surface area contributed by atoms with Gasteiger partial charge in [-0.05, 0) is 17.7 Å². The normalized spacial score (nSPS) is 13.0. The summed E-state index contributed by atoms with van der Waals surface area (Å²) < 4.78 is 40.9. The Balaban J connectivity index is 2.23. The number of nitrogens with two attached hydrogens (primary N) is 1. The molecule has 1 heterocycles. The quantitative estimate of drug-likeness (QED) is 0.910. The Morgan fingerprint density at radius 2 is 1.95 bits per heavy atom. The number of aromatic nitrogens is 1. The number of anilines is 1. The highest BCUT2D eigenvalue weighted by atomic mass is 19.4. The molecule has 0 radical (unpaired) electrons. The number of para-hydroxylation sites is 1. The number of hydrogen-bond acceptors (Lipinski definition) is 4. The molecule has 0 bridgehead atoms. The van der Waals surface area contributed by atoms with Crippen LogP contribution in [0.1, 0.15) is 17.2 Å². The van der Waals surface area contributed by atoms with Crippen molar-refractivity contribution in [2.75, 3.05) is 5.73 Å². The molecule has 0 aliphatic rings. The largest absolute Gasteiger partial charge is 0.573 e. The molecule has 7 heteroatoms. The van der Waals surface area contributed by atoms with Gasteiger partial charge in [0.25, 0.3) is 0 Å². The average molecular weight is 298 g/mol. The second-order valence-corrected chi connectivity index (χ2v) is 4.38. The van der Waals surface area contributed by atoms with E-state index in [1.807, 2.05) is 0 Å². The first kappa shape index (κ1) is 15.1. The van der Waals surface area contributed by atoms with Crippen LogP contribution in [0.5, 0.6) is 5.75 Å². The molecule has 0 aliphatic carbocycles. The monoisotopic (exact) mass is 298 g/mol. The molecule has 1 atom stereocenters. The van der Waals surface area contributed by atoms with Crippen LogP contribution in [0.2, 0.25) is 0 Å². The van der Waals surface area contributed by atoms with Gasteiger partial charge in [-0.25, -0.2) is 0 Å². The third-order valence-electron chi connectivity index (χ3n) is 2.86. The minimum absolute atomic E-state index is 0.0396. The number of nitrogens with zero attached hydrogens (tertiary/aromatic N) is 1. The summed E-state index contributed by atoms with van der Waals surface area (Å²) in [5.74, 6) is -0.431. The first-order valence-corrected chi connectivity index (χ1v) is 6.08. The highest BCUT2D eigenvalue weighted by molar-refractivity contribution is 5.45. The van der Waals surface area contributed by atoms with E-state index in [-0.39, 0.29) is 12.0 Å². The lowest BCUT2D eigenvalue weighted by atomic mass is 10.0. The maximum Gasteiger partial charge on any atom is 0.573 e. The van der Waals surface area contributed by atoms with E-state index in [9.17, 15) is 18.3 Å². The molecular formula is C14H13F3N2O2. The fourth-order valence-electron chi connectivity index (χ4n) is 1.90. The van der Waals surface area contributed by atoms with Crippen molar-refractivity contribution in [2.45, 2.75) is 18.9 Å². The van der Waals surface area contributed by atoms with E-state index in [1.165, 1.54) is 30.6 Å². The predicted octanol–water partition coefficient (Wildman–Crippen LogP) is 2.84. The van der Waals surface area contributed by atoms with Crippen molar-refractivity contribution in [3.63, 3.8) is 0 Å². The van der Waals surface area contributed by atoms with Crippen LogP contribution in [-0.4, -0.2) is 16.5 Å². The average Bonchev–Trinajstić information content (AvgIpc) is 2.40. The Kier molecular flexibility index (Phi) is 4.32. The molecule has 0 saturated carbocycles. The first-order chi connectivity index (χ1) is 9.87. The van der Waals surface area contributed by atoms with Gasteiger partial charge in [0.15, 0.2) is 0 Å². The number of aliphatic hydroxyl groups excluding tert-OH is 1. The molecule has 0 aliphatic heterocycles. The summed E-state index contributed by atoms with van der Waals surface area (Å²) in [5, 5.41) is 10.1. The van der Waals surface area contributed by atoms with Crippen LogP contribution in [0.25, 0.3) is 0 Å². The molecule has 0 spiro atoms. The number of nitrogen functional groups attached to an aromatic ring is 1. The van der Waals surface area contributed by atoms with Crippen molar-refractivity contribution in [1.82, 2.24) is 4.98 Å². The Morgan fingerprint density at radius 1 is 1.24 bits per heavy atom. The summed E-state index contributed by atoms with van der Waals surface area (Å²) in [6.07, 6.45) is -3.01. The molecule has 4 nitrogen and oxygen atoms in total. The summed E-state index contributed by atoms with van der Waals surface area (Å²) in [4.78, 5) is 3.87. The van der Waals surface area contributed by atoms with E-state index >= 15 is 0 Å². The van der Waals surface area contributed by atoms with Gasteiger partial charge in [0.2, 0.25) is 0 Å². The lowest BCUT2D eigenvalue weighted by molar-refractivity contribution is -0.275. The number of halogens is 3. The fourth-order valence-corrected chi connectivity index (χ4v) is 1.90. The van der Waals surface area contributed by atoms with Gasteiger partial charge >= 0.3 is 6.36 Å². The van der Waals surface area contributed by atoms with Gasteiger partial charge in [-0.3, -0.25) is 4.98 Å². The second kappa shape index (κ2) is 6.01. The summed E-state index contributed by atoms with van der Waals surface area (Å²) in [6, 6.07) is 7.00. The lowest BCUT2D eigenvalue weighted by Gasteiger charge is -2.17. The first-order valence-electron chi connectivity index (χ1n) is 6.08. The predicted molar refractivity (Wildman–Crippen MR) is 70.4 cm³/mol. The zero-order valence-electron chi connectivity index (χ0n) is 10.8. The standard InChI is InChI=1S/C14H13F3N2O2/c15-14(16,17)21-13-4-2-1-3-10(13)12(20)7-9-8-19-6-5-11(9)18/h1-6,8,12,20H,7H2,(H2,18,19). The smallest absolute Gasteiger partial charge is 0.405 e. The maximum atomic E-state index is 12.3. The van der Waals surface area contributed by atoms with Crippen LogP contribution in [0.3, 0.4) is 0 Å². The Morgan fingerprint density at radius 3 is 2.62 bits per heavy atom. The zero-order chi connectivity index (χ0) is 15.5. The molecule has 1 unspecified atom stereocenters. The lowest BCUT2D eigenvalue weighted by Crippen LogP contribution is -2.19. The van der Waals surface area contributed by atoms with Gasteiger partial charge in [-0.15, -0.1) is 13.2 Å². The van der Waals surface area contributed by atoms with Gasteiger partial charge < -0.3 is 15.6 Å². The van der Waals surface area contributed by atoms with E-state index in [0.29, 0.717) is 11.3 Å². The second-order valence-electron chi connectivity index (χ2n) is 4.38. The van der Waals surface area contributed by atoms with Crippen molar-refractivity contribution < 1.29 is 23.0 Å². The van der Waals surface area contributed by atoms with E-state index in [1.54, 1.807) is 6.07 Å². The minimum atomic E-state index is -4.82. The molecule has 112 valence electrons. The summed E-state index contributed by atoms with van der Waals surface area (Å²) in [6.45, 7) is 0. The molecule has 21 heavy (non-hydrogen) atoms. The van der Waals surface area contributed by atoms with Gasteiger partial charge in [-0.2, -0.15) is 0 Å². The van der Waals surface area contributed by atoms with E-state index in [0.717, 1.165) is 6.07 Å². The maximum absolute atomic E-state index is 12.3. The summed E-state index contributed by atoms with van der Waals surface area (Å²) in [5.41, 5.74) is 6.73. The van der Waals surface area contributed by atoms with E-state index < -0.39 is 18.2 Å². The van der Waals surface area contributed by atoms with Crippen molar-refractivity contribution >= 4 is 5.69 Å². The van der Waals surface area contributed by atoms with Crippen LogP contribution in [0.4, 0.5) is 18.9 Å². The van der Waals surface area contributed by atoms with Gasteiger partial charge in [0, 0.05) is 30.1 Å². The molecule has 1 aromatic carbocycles. The molecule has 0 fully saturated rings. The van der Waals surface area contributed by atoms with Crippen molar-refractivity contribution in [3.05, 3.63) is 53.9 Å². The number of alkyl halides is 3. The minimum Gasteiger partial charge on any atom is -0.405 e.